The Morgan fingerprint density at radius 2 is 0.483 bits per heavy atom. The fourth-order valence-electron chi connectivity index (χ4n) is 5.82. The third kappa shape index (κ3) is 11.6. The Labute approximate surface area is 345 Å². The lowest BCUT2D eigenvalue weighted by Crippen LogP contribution is -2.54. The third-order valence-corrected chi connectivity index (χ3v) is 8.87. The Morgan fingerprint density at radius 1 is 0.283 bits per heavy atom. The van der Waals surface area contributed by atoms with Gasteiger partial charge in [0.05, 0.1) is 33.4 Å². The molecule has 0 saturated heterocycles. The van der Waals surface area contributed by atoms with Crippen LogP contribution in [0.4, 0.5) is 0 Å². The molecule has 0 radical (unpaired) electrons. The minimum atomic E-state index is -1.91. The average Bonchev–Trinajstić information content (AvgIpc) is 3.31. The molecule has 0 saturated carbocycles. The van der Waals surface area contributed by atoms with Crippen LogP contribution in [0.5, 0.6) is 0 Å². The first-order valence-electron chi connectivity index (χ1n) is 18.8. The number of ether oxygens (including phenoxy) is 6. The molecule has 0 N–H and O–H groups in total. The molecule has 0 amide bonds. The quantitative estimate of drug-likeness (QED) is 0.0658. The zero-order chi connectivity index (χ0) is 42.1. The zero-order valence-electron chi connectivity index (χ0n) is 31.9. The molecule has 0 bridgehead atoms. The van der Waals surface area contributed by atoms with Gasteiger partial charge in [0.2, 0.25) is 0 Å². The number of hydrogen-bond acceptors (Lipinski definition) is 12. The van der Waals surface area contributed by atoms with E-state index in [0.29, 0.717) is 0 Å². The maximum Gasteiger partial charge on any atom is 0.338 e. The fourth-order valence-corrected chi connectivity index (χ4v) is 5.82. The standard InChI is InChI=1S/C48H38O12/c49-43(33-19-7-1-8-20-33)55-31-39(57-45(51)35-23-11-3-12-24-35)41(59-47(53)37-27-15-5-16-28-37)42(60-48(54)38-29-17-6-18-30-38)40(58-46(52)36-25-13-4-14-26-36)32-56-44(50)34-21-9-2-10-22-34/h1-30,39-42H,31-32H2/t39-,40+,41-,42-/m1/s1. The van der Waals surface area contributed by atoms with Crippen LogP contribution in [0.25, 0.3) is 0 Å². The summed E-state index contributed by atoms with van der Waals surface area (Å²) in [6, 6.07) is 47.1. The highest BCUT2D eigenvalue weighted by molar-refractivity contribution is 5.93. The van der Waals surface area contributed by atoms with E-state index >= 15 is 0 Å². The van der Waals surface area contributed by atoms with Gasteiger partial charge in [-0.2, -0.15) is 0 Å². The SMILES string of the molecule is O=C(OC[C@H](OC(=O)c1ccccc1)[C@@H](OC(=O)c1ccccc1)[C@H](OC(=O)c1ccccc1)[C@@H](COC(=O)c1ccccc1)OC(=O)c1ccccc1)c1ccccc1. The highest BCUT2D eigenvalue weighted by Gasteiger charge is 2.46. The molecule has 6 rings (SSSR count). The molecule has 302 valence electrons. The van der Waals surface area contributed by atoms with Crippen molar-refractivity contribution in [3.63, 3.8) is 0 Å². The molecule has 12 heteroatoms. The first-order valence-corrected chi connectivity index (χ1v) is 18.8. The molecule has 0 fully saturated rings. The van der Waals surface area contributed by atoms with Crippen molar-refractivity contribution in [2.24, 2.45) is 0 Å². The molecule has 0 unspecified atom stereocenters. The number of rotatable bonds is 17. The molecule has 0 heterocycles. The fraction of sp³-hybridized carbons (Fsp3) is 0.125. The van der Waals surface area contributed by atoms with E-state index in [1.807, 2.05) is 0 Å². The Bertz CT molecular complexity index is 2170. The van der Waals surface area contributed by atoms with Crippen LogP contribution in [0.15, 0.2) is 182 Å². The maximum absolute atomic E-state index is 14.0. The lowest BCUT2D eigenvalue weighted by Gasteiger charge is -2.35. The van der Waals surface area contributed by atoms with Crippen molar-refractivity contribution in [3.05, 3.63) is 215 Å². The molecular formula is C48H38O12. The van der Waals surface area contributed by atoms with Crippen LogP contribution in [-0.4, -0.2) is 73.4 Å². The molecule has 12 nitrogen and oxygen atoms in total. The summed E-state index contributed by atoms with van der Waals surface area (Å²) in [5, 5.41) is 0. The van der Waals surface area contributed by atoms with Crippen molar-refractivity contribution >= 4 is 35.8 Å². The highest BCUT2D eigenvalue weighted by Crippen LogP contribution is 2.25. The number of hydrogen-bond donors (Lipinski definition) is 0. The smallest absolute Gasteiger partial charge is 0.338 e. The van der Waals surface area contributed by atoms with E-state index in [2.05, 4.69) is 0 Å². The molecule has 0 aliphatic heterocycles. The normalized spacial score (nSPS) is 12.6. The number of carbonyl (C=O) groups is 6. The summed E-state index contributed by atoms with van der Waals surface area (Å²) in [6.07, 6.45) is -7.33. The topological polar surface area (TPSA) is 158 Å². The van der Waals surface area contributed by atoms with Gasteiger partial charge in [0.15, 0.2) is 24.4 Å². The Kier molecular flexibility index (Phi) is 14.7. The van der Waals surface area contributed by atoms with Gasteiger partial charge in [0.1, 0.15) is 13.2 Å². The van der Waals surface area contributed by atoms with E-state index in [1.54, 1.807) is 109 Å². The van der Waals surface area contributed by atoms with Crippen molar-refractivity contribution < 1.29 is 57.2 Å². The molecule has 0 aliphatic rings. The molecule has 0 aromatic heterocycles. The van der Waals surface area contributed by atoms with Crippen LogP contribution in [0.2, 0.25) is 0 Å². The molecule has 6 aromatic carbocycles. The second-order valence-electron chi connectivity index (χ2n) is 13.0. The van der Waals surface area contributed by atoms with E-state index in [-0.39, 0.29) is 33.4 Å². The van der Waals surface area contributed by atoms with Crippen LogP contribution >= 0.6 is 0 Å². The van der Waals surface area contributed by atoms with Crippen molar-refractivity contribution in [3.8, 4) is 0 Å². The van der Waals surface area contributed by atoms with Crippen LogP contribution in [0, 0.1) is 0 Å². The van der Waals surface area contributed by atoms with Crippen LogP contribution in [0.3, 0.4) is 0 Å². The van der Waals surface area contributed by atoms with Crippen molar-refractivity contribution in [2.45, 2.75) is 24.4 Å². The summed E-state index contributed by atoms with van der Waals surface area (Å²) in [6.45, 7) is -1.52. The number of benzene rings is 6. The van der Waals surface area contributed by atoms with Gasteiger partial charge < -0.3 is 28.4 Å². The molecule has 0 spiro atoms. The second-order valence-corrected chi connectivity index (χ2v) is 13.0. The molecule has 4 atom stereocenters. The van der Waals surface area contributed by atoms with Crippen LogP contribution in [-0.2, 0) is 28.4 Å². The second kappa shape index (κ2) is 21.1. The minimum absolute atomic E-state index is 0.0402. The summed E-state index contributed by atoms with van der Waals surface area (Å²) < 4.78 is 35.6. The summed E-state index contributed by atoms with van der Waals surface area (Å²) in [7, 11) is 0. The third-order valence-electron chi connectivity index (χ3n) is 8.87. The van der Waals surface area contributed by atoms with Gasteiger partial charge in [-0.15, -0.1) is 0 Å². The van der Waals surface area contributed by atoms with Gasteiger partial charge in [-0.25, -0.2) is 28.8 Å². The van der Waals surface area contributed by atoms with Gasteiger partial charge in [-0.05, 0) is 72.8 Å². The van der Waals surface area contributed by atoms with Crippen molar-refractivity contribution in [1.82, 2.24) is 0 Å². The van der Waals surface area contributed by atoms with Gasteiger partial charge in [0, 0.05) is 0 Å². The predicted octanol–water partition coefficient (Wildman–Crippen LogP) is 7.60. The van der Waals surface area contributed by atoms with Crippen molar-refractivity contribution in [2.75, 3.05) is 13.2 Å². The first kappa shape index (κ1) is 41.8. The van der Waals surface area contributed by atoms with E-state index in [1.165, 1.54) is 72.8 Å². The van der Waals surface area contributed by atoms with Gasteiger partial charge >= 0.3 is 35.8 Å². The van der Waals surface area contributed by atoms with Crippen LogP contribution in [0.1, 0.15) is 62.1 Å². The molecule has 60 heavy (non-hydrogen) atoms. The van der Waals surface area contributed by atoms with E-state index in [0.717, 1.165) is 0 Å². The summed E-state index contributed by atoms with van der Waals surface area (Å²) >= 11 is 0. The van der Waals surface area contributed by atoms with Gasteiger partial charge in [-0.3, -0.25) is 0 Å². The monoisotopic (exact) mass is 806 g/mol. The lowest BCUT2D eigenvalue weighted by molar-refractivity contribution is -0.138. The van der Waals surface area contributed by atoms with E-state index in [4.69, 9.17) is 28.4 Å². The van der Waals surface area contributed by atoms with Gasteiger partial charge in [0.25, 0.3) is 0 Å². The number of carbonyl (C=O) groups excluding carboxylic acids is 6. The van der Waals surface area contributed by atoms with Crippen molar-refractivity contribution in [1.29, 1.82) is 0 Å². The van der Waals surface area contributed by atoms with Gasteiger partial charge in [-0.1, -0.05) is 109 Å². The highest BCUT2D eigenvalue weighted by atomic mass is 16.6. The summed E-state index contributed by atoms with van der Waals surface area (Å²) in [5.41, 5.74) is 0.534. The zero-order valence-corrected chi connectivity index (χ0v) is 31.9. The predicted molar refractivity (Wildman–Crippen MR) is 216 cm³/mol. The summed E-state index contributed by atoms with van der Waals surface area (Å²) in [4.78, 5) is 82.5. The maximum atomic E-state index is 14.0. The molecular weight excluding hydrogens is 769 g/mol. The van der Waals surface area contributed by atoms with E-state index < -0.39 is 73.4 Å². The van der Waals surface area contributed by atoms with Crippen LogP contribution < -0.4 is 0 Å². The Hall–Kier alpha value is -7.86. The van der Waals surface area contributed by atoms with E-state index in [9.17, 15) is 28.8 Å². The summed E-state index contributed by atoms with van der Waals surface area (Å²) in [5.74, 6) is -5.48. The molecule has 6 aromatic rings. The largest absolute Gasteiger partial charge is 0.458 e. The Balaban J connectivity index is 1.48. The minimum Gasteiger partial charge on any atom is -0.458 e. The first-order chi connectivity index (χ1) is 29.3. The molecule has 0 aliphatic carbocycles. The lowest BCUT2D eigenvalue weighted by atomic mass is 10.0. The number of esters is 6. The Morgan fingerprint density at radius 3 is 0.717 bits per heavy atom. The average molecular weight is 807 g/mol.